The molecule has 0 saturated carbocycles. The summed E-state index contributed by atoms with van der Waals surface area (Å²) in [7, 11) is 0. The van der Waals surface area contributed by atoms with Gasteiger partial charge in [-0.05, 0) is 87.0 Å². The number of carbonyl (C=O) groups excluding carboxylic acids is 11. The van der Waals surface area contributed by atoms with Gasteiger partial charge in [0.1, 0.15) is 54.1 Å². The van der Waals surface area contributed by atoms with Gasteiger partial charge in [0.25, 0.3) is 0 Å². The minimum absolute atomic E-state index is 0.00458. The molecule has 0 aliphatic carbocycles. The number of rotatable bonds is 27. The number of thioether (sulfide) groups is 2. The van der Waals surface area contributed by atoms with Crippen LogP contribution in [0.25, 0.3) is 0 Å². The van der Waals surface area contributed by atoms with E-state index in [2.05, 4.69) is 62.8 Å². The Hall–Kier alpha value is -9.12. The van der Waals surface area contributed by atoms with Gasteiger partial charge in [-0.1, -0.05) is 62.7 Å². The van der Waals surface area contributed by atoms with Crippen molar-refractivity contribution in [3.8, 4) is 5.75 Å². The van der Waals surface area contributed by atoms with Gasteiger partial charge in [-0.15, -0.1) is 0 Å². The van der Waals surface area contributed by atoms with Gasteiger partial charge >= 0.3 is 0 Å². The van der Waals surface area contributed by atoms with Crippen LogP contribution in [0.4, 0.5) is 0 Å². The van der Waals surface area contributed by atoms with E-state index < -0.39 is 138 Å². The standard InChI is InChI=1S/C59H93N21O12S2/c1-3-33(2)47-55(91)76-40(15-9-23-70-59(66)67)56(92)80-24-10-16-44(80)54(90)77-42(48(61)84)31-93-25-26-94-32-43(53(89)75-38(13-7-21-68-57(62)63)50(86)74-39(51(87)79-47)14-8-22-69-58(64)65)78-52(88)41(28-34-11-5-4-6-12-34)73-46(83)30-71-45(82)29-72-49(85)37(60)27-35-17-19-36(81)20-18-35/h4-6,11-12,17-20,33,37-44,47,81H,3,7-10,13-16,21-32,60H2,1-2H3,(H2,61,84)(H,71,82)(H,72,85)(H,73,83)(H,74,86)(H,75,89)(H,76,91)(H,77,90)(H,78,88)(H,79,87)(H4,62,63,68)(H4,64,65,69)(H4,66,67,70)/t33-,37-,38-,39-,40-,41-,42+,43+,44-,47-/m0/s1. The van der Waals surface area contributed by atoms with Crippen LogP contribution in [0.3, 0.4) is 0 Å². The number of fused-ring (bicyclic) bond motifs is 1. The molecule has 4 rings (SSSR count). The van der Waals surface area contributed by atoms with Crippen molar-refractivity contribution in [2.75, 3.05) is 62.3 Å². The Bertz CT molecular complexity index is 2970. The summed E-state index contributed by atoms with van der Waals surface area (Å²) in [6, 6.07) is 2.98. The highest BCUT2D eigenvalue weighted by molar-refractivity contribution is 8.03. The Balaban J connectivity index is 1.71. The fraction of sp³-hybridized carbons (Fsp3) is 0.559. The van der Waals surface area contributed by atoms with Crippen LogP contribution >= 0.6 is 23.5 Å². The summed E-state index contributed by atoms with van der Waals surface area (Å²) < 4.78 is 0. The van der Waals surface area contributed by atoms with Gasteiger partial charge in [0.2, 0.25) is 65.0 Å². The number of carbonyl (C=O) groups is 11. The molecule has 26 N–H and O–H groups in total. The van der Waals surface area contributed by atoms with Crippen molar-refractivity contribution in [1.29, 1.82) is 0 Å². The fourth-order valence-corrected chi connectivity index (χ4v) is 12.1. The Morgan fingerprint density at radius 2 is 1.16 bits per heavy atom. The van der Waals surface area contributed by atoms with E-state index in [1.165, 1.54) is 40.6 Å². The van der Waals surface area contributed by atoms with E-state index in [-0.39, 0.29) is 125 Å². The highest BCUT2D eigenvalue weighted by atomic mass is 32.2. The summed E-state index contributed by atoms with van der Waals surface area (Å²) in [6.07, 6.45) is 1.09. The lowest BCUT2D eigenvalue weighted by atomic mass is 9.96. The maximum atomic E-state index is 14.8. The SMILES string of the molecule is CC[C@H](C)[C@@H]1NC(=O)[C@H](CCCN=C(N)N)NC(=O)[C@H](CCCN=C(N)N)NC(=O)[C@H](NC(=O)[C@H](Cc2ccccc2)NC(=O)CNC(=O)CNC(=O)[C@@H](N)Cc2ccc(O)cc2)CSCCSC[C@H](C(N)=O)NC(=O)[C@@H]2CCCN2C(=O)[C@H](CCCN=C(N)N)NC1=O. The molecule has 2 aliphatic heterocycles. The van der Waals surface area contributed by atoms with Crippen molar-refractivity contribution in [3.05, 3.63) is 65.7 Å². The summed E-state index contributed by atoms with van der Waals surface area (Å²) >= 11 is 2.42. The molecule has 11 amide bonds. The fourth-order valence-electron chi connectivity index (χ4n) is 9.83. The van der Waals surface area contributed by atoms with Crippen molar-refractivity contribution >= 4 is 106 Å². The average molecular weight is 1350 g/mol. The van der Waals surface area contributed by atoms with E-state index in [0.29, 0.717) is 29.7 Å². The minimum atomic E-state index is -1.46. The Morgan fingerprint density at radius 3 is 1.73 bits per heavy atom. The highest BCUT2D eigenvalue weighted by Crippen LogP contribution is 2.22. The van der Waals surface area contributed by atoms with E-state index in [4.69, 9.17) is 45.9 Å². The number of aromatic hydroxyl groups is 1. The van der Waals surface area contributed by atoms with Crippen LogP contribution in [0.15, 0.2) is 69.6 Å². The number of nitrogens with zero attached hydrogens (tertiary/aromatic N) is 4. The average Bonchev–Trinajstić information content (AvgIpc) is 1.61. The minimum Gasteiger partial charge on any atom is -0.508 e. The van der Waals surface area contributed by atoms with Crippen LogP contribution in [0, 0.1) is 5.92 Å². The lowest BCUT2D eigenvalue weighted by Crippen LogP contribution is -2.61. The van der Waals surface area contributed by atoms with Gasteiger partial charge in [0, 0.05) is 55.6 Å². The predicted octanol–water partition coefficient (Wildman–Crippen LogP) is -5.71. The molecule has 2 heterocycles. The zero-order valence-corrected chi connectivity index (χ0v) is 54.6. The van der Waals surface area contributed by atoms with E-state index in [1.54, 1.807) is 56.3 Å². The molecule has 2 saturated heterocycles. The summed E-state index contributed by atoms with van der Waals surface area (Å²) in [5.74, 6) is -9.46. The third-order valence-corrected chi connectivity index (χ3v) is 17.5. The Labute approximate surface area is 554 Å². The molecule has 0 bridgehead atoms. The molecule has 0 unspecified atom stereocenters. The zero-order valence-electron chi connectivity index (χ0n) is 53.0. The first-order valence-electron chi connectivity index (χ1n) is 30.9. The largest absolute Gasteiger partial charge is 0.508 e. The topological polar surface area (TPSA) is 565 Å². The molecule has 518 valence electrons. The molecule has 2 aromatic rings. The lowest BCUT2D eigenvalue weighted by Gasteiger charge is -2.32. The van der Waals surface area contributed by atoms with Crippen molar-refractivity contribution in [1.82, 2.24) is 52.8 Å². The number of phenols is 1. The van der Waals surface area contributed by atoms with Gasteiger partial charge in [0.05, 0.1) is 19.1 Å². The van der Waals surface area contributed by atoms with Crippen molar-refractivity contribution < 1.29 is 57.8 Å². The van der Waals surface area contributed by atoms with Crippen LogP contribution in [0.5, 0.6) is 5.75 Å². The molecule has 2 aromatic carbocycles. The summed E-state index contributed by atoms with van der Waals surface area (Å²) in [5.41, 5.74) is 46.7. The maximum Gasteiger partial charge on any atom is 0.245 e. The normalized spacial score (nSPS) is 21.4. The van der Waals surface area contributed by atoms with Crippen LogP contribution in [-0.2, 0) is 65.6 Å². The molecular weight excluding hydrogens is 1260 g/mol. The number of hydrogen-bond donors (Lipinski definition) is 18. The number of nitrogens with one attached hydrogen (secondary N) is 9. The molecule has 2 aliphatic rings. The number of hydrogen-bond acceptors (Lipinski definition) is 18. The second-order valence-corrected chi connectivity index (χ2v) is 24.8. The number of benzene rings is 2. The second kappa shape index (κ2) is 40.8. The molecule has 0 spiro atoms. The Kier molecular flexibility index (Phi) is 33.5. The molecule has 0 aromatic heterocycles. The highest BCUT2D eigenvalue weighted by Gasteiger charge is 2.41. The number of nitrogens with two attached hydrogens (primary N) is 8. The third kappa shape index (κ3) is 28.0. The van der Waals surface area contributed by atoms with Gasteiger partial charge in [0.15, 0.2) is 17.9 Å². The van der Waals surface area contributed by atoms with E-state index >= 15 is 0 Å². The first-order chi connectivity index (χ1) is 44.8. The molecule has 0 radical (unpaired) electrons. The van der Waals surface area contributed by atoms with Gasteiger partial charge < -0.3 is 104 Å². The number of phenolic OH excluding ortho intramolecular Hbond substituents is 1. The number of primary amides is 1. The quantitative estimate of drug-likeness (QED) is 0.0225. The van der Waals surface area contributed by atoms with Gasteiger partial charge in [-0.3, -0.25) is 67.7 Å². The predicted molar refractivity (Wildman–Crippen MR) is 357 cm³/mol. The third-order valence-electron chi connectivity index (χ3n) is 15.1. The molecule has 35 heteroatoms. The smallest absolute Gasteiger partial charge is 0.245 e. The Morgan fingerprint density at radius 1 is 0.628 bits per heavy atom. The summed E-state index contributed by atoms with van der Waals surface area (Å²) in [5, 5.41) is 33.5. The number of guanidine groups is 3. The van der Waals surface area contributed by atoms with Gasteiger partial charge in [-0.2, -0.15) is 23.5 Å². The van der Waals surface area contributed by atoms with Crippen molar-refractivity contribution in [2.24, 2.45) is 66.8 Å². The first kappa shape index (κ1) is 77.3. The molecular formula is C59H93N21O12S2. The number of amides is 11. The van der Waals surface area contributed by atoms with E-state index in [9.17, 15) is 57.8 Å². The van der Waals surface area contributed by atoms with E-state index in [0.717, 1.165) is 0 Å². The summed E-state index contributed by atoms with van der Waals surface area (Å²) in [4.78, 5) is 168. The van der Waals surface area contributed by atoms with Crippen LogP contribution < -0.4 is 93.7 Å². The van der Waals surface area contributed by atoms with Crippen molar-refractivity contribution in [3.63, 3.8) is 0 Å². The maximum absolute atomic E-state index is 14.8. The molecule has 94 heavy (non-hydrogen) atoms. The molecule has 2 fully saturated rings. The molecule has 10 atom stereocenters. The molecule has 33 nitrogen and oxygen atoms in total. The van der Waals surface area contributed by atoms with Crippen LogP contribution in [-0.4, -0.2) is 210 Å². The van der Waals surface area contributed by atoms with Gasteiger partial charge in [-0.25, -0.2) is 0 Å². The second-order valence-electron chi connectivity index (χ2n) is 22.5. The van der Waals surface area contributed by atoms with Crippen LogP contribution in [0.2, 0.25) is 0 Å². The van der Waals surface area contributed by atoms with Crippen LogP contribution in [0.1, 0.15) is 82.8 Å². The monoisotopic (exact) mass is 1350 g/mol. The lowest BCUT2D eigenvalue weighted by molar-refractivity contribution is -0.142. The first-order valence-corrected chi connectivity index (χ1v) is 33.2. The van der Waals surface area contributed by atoms with E-state index in [1.807, 2.05) is 0 Å². The zero-order chi connectivity index (χ0) is 69.3. The summed E-state index contributed by atoms with van der Waals surface area (Å²) in [6.45, 7) is 2.47. The number of aliphatic imine (C=N–C) groups is 3. The van der Waals surface area contributed by atoms with Crippen molar-refractivity contribution in [2.45, 2.75) is 139 Å².